The van der Waals surface area contributed by atoms with E-state index in [2.05, 4.69) is 9.88 Å². The van der Waals surface area contributed by atoms with Gasteiger partial charge in [-0.2, -0.15) is 0 Å². The quantitative estimate of drug-likeness (QED) is 0.812. The van der Waals surface area contributed by atoms with Gasteiger partial charge in [0.25, 0.3) is 0 Å². The topological polar surface area (TPSA) is 51.7 Å². The number of hydrogen-bond donors (Lipinski definition) is 0. The second-order valence-electron chi connectivity index (χ2n) is 5.76. The molecule has 1 fully saturated rings. The van der Waals surface area contributed by atoms with E-state index >= 15 is 0 Å². The second kappa shape index (κ2) is 6.60. The standard InChI is InChI=1S/C17H19FN2O3/c1-11-8-20(10-15(23-11)17(21)22-2)9-12-5-6-14(18)13-4-3-7-19-16(12)13/h3-7,11,15H,8-10H2,1-2H3/t11-,15-/m1/s1. The van der Waals surface area contributed by atoms with Crippen LogP contribution in [0.15, 0.2) is 30.5 Å². The molecule has 1 aliphatic rings. The molecule has 2 aromatic rings. The van der Waals surface area contributed by atoms with Gasteiger partial charge in [-0.3, -0.25) is 9.88 Å². The monoisotopic (exact) mass is 318 g/mol. The Labute approximate surface area is 134 Å². The lowest BCUT2D eigenvalue weighted by Gasteiger charge is -2.35. The van der Waals surface area contributed by atoms with E-state index in [0.717, 1.165) is 5.56 Å². The molecule has 0 spiro atoms. The molecule has 1 aliphatic heterocycles. The Hall–Kier alpha value is -2.05. The highest BCUT2D eigenvalue weighted by molar-refractivity contribution is 5.82. The number of hydrogen-bond acceptors (Lipinski definition) is 5. The fraction of sp³-hybridized carbons (Fsp3) is 0.412. The van der Waals surface area contributed by atoms with E-state index in [-0.39, 0.29) is 17.9 Å². The third-order valence-corrected chi connectivity index (χ3v) is 3.99. The zero-order valence-electron chi connectivity index (χ0n) is 13.2. The normalized spacial score (nSPS) is 22.2. The van der Waals surface area contributed by atoms with E-state index in [1.54, 1.807) is 24.4 Å². The van der Waals surface area contributed by atoms with Crippen LogP contribution < -0.4 is 0 Å². The number of carbonyl (C=O) groups excluding carboxylic acids is 1. The van der Waals surface area contributed by atoms with Gasteiger partial charge in [-0.1, -0.05) is 6.07 Å². The van der Waals surface area contributed by atoms with Gasteiger partial charge in [0.2, 0.25) is 0 Å². The van der Waals surface area contributed by atoms with Crippen LogP contribution in [0.2, 0.25) is 0 Å². The first-order valence-electron chi connectivity index (χ1n) is 7.56. The Balaban J connectivity index is 1.84. The number of ether oxygens (including phenoxy) is 2. The molecule has 0 unspecified atom stereocenters. The van der Waals surface area contributed by atoms with Gasteiger partial charge in [0.1, 0.15) is 5.82 Å². The van der Waals surface area contributed by atoms with E-state index in [1.807, 2.05) is 6.92 Å². The highest BCUT2D eigenvalue weighted by atomic mass is 19.1. The van der Waals surface area contributed by atoms with Crippen molar-refractivity contribution in [2.24, 2.45) is 0 Å². The maximum absolute atomic E-state index is 13.9. The maximum Gasteiger partial charge on any atom is 0.336 e. The lowest BCUT2D eigenvalue weighted by molar-refractivity contribution is -0.166. The van der Waals surface area contributed by atoms with Gasteiger partial charge in [-0.15, -0.1) is 0 Å². The molecule has 1 aromatic heterocycles. The van der Waals surface area contributed by atoms with Crippen molar-refractivity contribution in [3.05, 3.63) is 41.8 Å². The highest BCUT2D eigenvalue weighted by Crippen LogP contribution is 2.22. The molecule has 0 aliphatic carbocycles. The Morgan fingerprint density at radius 3 is 3.04 bits per heavy atom. The number of morpholine rings is 1. The molecule has 5 nitrogen and oxygen atoms in total. The Kier molecular flexibility index (Phi) is 4.54. The third kappa shape index (κ3) is 3.33. The SMILES string of the molecule is COC(=O)[C@H]1CN(Cc2ccc(F)c3cccnc23)C[C@@H](C)O1. The smallest absolute Gasteiger partial charge is 0.336 e. The van der Waals surface area contributed by atoms with Crippen LogP contribution >= 0.6 is 0 Å². The molecule has 2 atom stereocenters. The molecule has 6 heteroatoms. The van der Waals surface area contributed by atoms with Crippen LogP contribution in [-0.4, -0.2) is 48.3 Å². The summed E-state index contributed by atoms with van der Waals surface area (Å²) in [6, 6.07) is 6.65. The number of methoxy groups -OCH3 is 1. The van der Waals surface area contributed by atoms with Crippen molar-refractivity contribution in [3.63, 3.8) is 0 Å². The molecule has 0 saturated carbocycles. The molecule has 0 amide bonds. The fourth-order valence-corrected chi connectivity index (χ4v) is 2.99. The van der Waals surface area contributed by atoms with Crippen molar-refractivity contribution in [3.8, 4) is 0 Å². The van der Waals surface area contributed by atoms with Gasteiger partial charge in [-0.05, 0) is 30.7 Å². The van der Waals surface area contributed by atoms with E-state index in [9.17, 15) is 9.18 Å². The molecule has 0 bridgehead atoms. The minimum Gasteiger partial charge on any atom is -0.467 e. The van der Waals surface area contributed by atoms with Crippen molar-refractivity contribution in [2.45, 2.75) is 25.7 Å². The summed E-state index contributed by atoms with van der Waals surface area (Å²) in [7, 11) is 1.35. The Bertz CT molecular complexity index is 722. The van der Waals surface area contributed by atoms with Crippen LogP contribution in [0.5, 0.6) is 0 Å². The van der Waals surface area contributed by atoms with Crippen LogP contribution in [0.3, 0.4) is 0 Å². The first kappa shape index (κ1) is 15.8. The third-order valence-electron chi connectivity index (χ3n) is 3.99. The minimum absolute atomic E-state index is 0.0764. The Morgan fingerprint density at radius 1 is 1.43 bits per heavy atom. The molecule has 2 heterocycles. The van der Waals surface area contributed by atoms with E-state index < -0.39 is 6.10 Å². The maximum atomic E-state index is 13.9. The average Bonchev–Trinajstić information content (AvgIpc) is 2.56. The summed E-state index contributed by atoms with van der Waals surface area (Å²) < 4.78 is 24.3. The molecule has 1 saturated heterocycles. The van der Waals surface area contributed by atoms with Gasteiger partial charge < -0.3 is 9.47 Å². The van der Waals surface area contributed by atoms with Gasteiger partial charge in [0.15, 0.2) is 6.10 Å². The largest absolute Gasteiger partial charge is 0.467 e. The number of halogens is 1. The second-order valence-corrected chi connectivity index (χ2v) is 5.76. The van der Waals surface area contributed by atoms with Crippen LogP contribution in [0, 0.1) is 5.82 Å². The van der Waals surface area contributed by atoms with Crippen LogP contribution in [0.4, 0.5) is 4.39 Å². The summed E-state index contributed by atoms with van der Waals surface area (Å²) in [5.74, 6) is -0.650. The molecule has 1 aromatic carbocycles. The molecule has 23 heavy (non-hydrogen) atoms. The molecular weight excluding hydrogens is 299 g/mol. The van der Waals surface area contributed by atoms with Crippen molar-refractivity contribution in [1.29, 1.82) is 0 Å². The van der Waals surface area contributed by atoms with Crippen molar-refractivity contribution in [2.75, 3.05) is 20.2 Å². The summed E-state index contributed by atoms with van der Waals surface area (Å²) in [6.07, 6.45) is 0.987. The van der Waals surface area contributed by atoms with Crippen LogP contribution in [0.25, 0.3) is 10.9 Å². The number of nitrogens with zero attached hydrogens (tertiary/aromatic N) is 2. The lowest BCUT2D eigenvalue weighted by atomic mass is 10.1. The molecular formula is C17H19FN2O3. The number of fused-ring (bicyclic) bond motifs is 1. The van der Waals surface area contributed by atoms with Crippen molar-refractivity contribution < 1.29 is 18.7 Å². The van der Waals surface area contributed by atoms with Crippen molar-refractivity contribution >= 4 is 16.9 Å². The van der Waals surface area contributed by atoms with Crippen LogP contribution in [-0.2, 0) is 20.8 Å². The predicted molar refractivity (Wildman–Crippen MR) is 83.3 cm³/mol. The first-order valence-corrected chi connectivity index (χ1v) is 7.56. The highest BCUT2D eigenvalue weighted by Gasteiger charge is 2.31. The van der Waals surface area contributed by atoms with Crippen molar-refractivity contribution in [1.82, 2.24) is 9.88 Å². The number of esters is 1. The number of rotatable bonds is 3. The van der Waals surface area contributed by atoms with Gasteiger partial charge in [0.05, 0.1) is 18.7 Å². The fourth-order valence-electron chi connectivity index (χ4n) is 2.99. The van der Waals surface area contributed by atoms with E-state index in [1.165, 1.54) is 13.2 Å². The van der Waals surface area contributed by atoms with Gasteiger partial charge in [0, 0.05) is 31.2 Å². The molecule has 3 rings (SSSR count). The van der Waals surface area contributed by atoms with Gasteiger partial charge in [-0.25, -0.2) is 9.18 Å². The first-order chi connectivity index (χ1) is 11.1. The summed E-state index contributed by atoms with van der Waals surface area (Å²) in [5, 5.41) is 0.510. The average molecular weight is 318 g/mol. The summed E-state index contributed by atoms with van der Waals surface area (Å²) in [4.78, 5) is 18.1. The number of carbonyl (C=O) groups is 1. The zero-order valence-corrected chi connectivity index (χ0v) is 13.2. The molecule has 122 valence electrons. The summed E-state index contributed by atoms with van der Waals surface area (Å²) in [6.45, 7) is 3.64. The van der Waals surface area contributed by atoms with Gasteiger partial charge >= 0.3 is 5.97 Å². The van der Waals surface area contributed by atoms with E-state index in [4.69, 9.17) is 9.47 Å². The number of pyridine rings is 1. The molecule has 0 radical (unpaired) electrons. The van der Waals surface area contributed by atoms with Crippen LogP contribution in [0.1, 0.15) is 12.5 Å². The zero-order chi connectivity index (χ0) is 16.4. The Morgan fingerprint density at radius 2 is 2.26 bits per heavy atom. The predicted octanol–water partition coefficient (Wildman–Crippen LogP) is 2.14. The molecule has 0 N–H and O–H groups in total. The van der Waals surface area contributed by atoms with E-state index in [0.29, 0.717) is 30.5 Å². The lowest BCUT2D eigenvalue weighted by Crippen LogP contribution is -2.49. The summed E-state index contributed by atoms with van der Waals surface area (Å²) >= 11 is 0. The summed E-state index contributed by atoms with van der Waals surface area (Å²) in [5.41, 5.74) is 1.58. The number of aromatic nitrogens is 1. The number of benzene rings is 1. The minimum atomic E-state index is -0.594.